The fourth-order valence-corrected chi connectivity index (χ4v) is 1.24. The Balaban J connectivity index is 2.54. The molecule has 0 aromatic carbocycles. The molecule has 2 rings (SSSR count). The van der Waals surface area contributed by atoms with Crippen molar-refractivity contribution in [3.05, 3.63) is 46.0 Å². The van der Waals surface area contributed by atoms with Crippen LogP contribution in [0.25, 0.3) is 11.9 Å². The predicted molar refractivity (Wildman–Crippen MR) is 57.1 cm³/mol. The van der Waals surface area contributed by atoms with Crippen LogP contribution in [-0.2, 0) is 0 Å². The van der Waals surface area contributed by atoms with Gasteiger partial charge in [-0.3, -0.25) is 9.89 Å². The second kappa shape index (κ2) is 3.70. The van der Waals surface area contributed by atoms with E-state index in [9.17, 15) is 4.79 Å². The minimum absolute atomic E-state index is 0.174. The first-order chi connectivity index (χ1) is 7.20. The highest BCUT2D eigenvalue weighted by Crippen LogP contribution is 2.02. The van der Waals surface area contributed by atoms with Crippen molar-refractivity contribution in [2.24, 2.45) is 0 Å². The monoisotopic (exact) mass is 222 g/mol. The molecule has 2 aromatic rings. The molecule has 0 aliphatic carbocycles. The number of rotatable bonds is 2. The van der Waals surface area contributed by atoms with Gasteiger partial charge in [0, 0.05) is 12.3 Å². The lowest BCUT2D eigenvalue weighted by Crippen LogP contribution is -2.14. The molecular weight excluding hydrogens is 216 g/mol. The van der Waals surface area contributed by atoms with Crippen LogP contribution in [0.2, 0.25) is 5.15 Å². The summed E-state index contributed by atoms with van der Waals surface area (Å²) < 4.78 is 1.37. The summed E-state index contributed by atoms with van der Waals surface area (Å²) in [6.07, 6.45) is 3.21. The summed E-state index contributed by atoms with van der Waals surface area (Å²) >= 11 is 5.57. The second-order valence-electron chi connectivity index (χ2n) is 2.79. The van der Waals surface area contributed by atoms with Crippen LogP contribution < -0.4 is 5.43 Å². The van der Waals surface area contributed by atoms with E-state index in [0.29, 0.717) is 5.69 Å². The molecular formula is C9H7ClN4O. The predicted octanol–water partition coefficient (Wildman–Crippen LogP) is 1.25. The van der Waals surface area contributed by atoms with Crippen molar-refractivity contribution in [1.29, 1.82) is 0 Å². The fraction of sp³-hybridized carbons (Fsp3) is 0. The highest BCUT2D eigenvalue weighted by Gasteiger charge is 2.05. The SMILES string of the molecule is C=Cc1ccn(-c2n[nH]c(Cl)cc2=O)n1. The molecule has 15 heavy (non-hydrogen) atoms. The lowest BCUT2D eigenvalue weighted by Gasteiger charge is -1.97. The number of aromatic amines is 1. The molecule has 0 radical (unpaired) electrons. The Bertz CT molecular complexity index is 557. The maximum atomic E-state index is 11.5. The summed E-state index contributed by atoms with van der Waals surface area (Å²) in [5.41, 5.74) is 0.378. The third-order valence-electron chi connectivity index (χ3n) is 1.78. The topological polar surface area (TPSA) is 63.6 Å². The largest absolute Gasteiger partial charge is 0.286 e. The van der Waals surface area contributed by atoms with Crippen molar-refractivity contribution in [2.45, 2.75) is 0 Å². The van der Waals surface area contributed by atoms with Gasteiger partial charge in [-0.05, 0) is 12.1 Å². The van der Waals surface area contributed by atoms with Crippen molar-refractivity contribution < 1.29 is 0 Å². The fourth-order valence-electron chi connectivity index (χ4n) is 1.10. The molecule has 0 aliphatic heterocycles. The van der Waals surface area contributed by atoms with E-state index >= 15 is 0 Å². The average Bonchev–Trinajstić information content (AvgIpc) is 2.66. The lowest BCUT2D eigenvalue weighted by atomic mass is 10.4. The zero-order valence-electron chi connectivity index (χ0n) is 7.64. The molecule has 0 unspecified atom stereocenters. The zero-order valence-corrected chi connectivity index (χ0v) is 8.40. The summed E-state index contributed by atoms with van der Waals surface area (Å²) in [4.78, 5) is 11.5. The Morgan fingerprint density at radius 1 is 1.60 bits per heavy atom. The third-order valence-corrected chi connectivity index (χ3v) is 1.98. The summed E-state index contributed by atoms with van der Waals surface area (Å²) in [5, 5.41) is 10.5. The molecule has 2 aromatic heterocycles. The number of nitrogens with one attached hydrogen (secondary N) is 1. The molecule has 2 heterocycles. The molecule has 76 valence electrons. The van der Waals surface area contributed by atoms with Crippen LogP contribution in [0.4, 0.5) is 0 Å². The van der Waals surface area contributed by atoms with Gasteiger partial charge in [0.25, 0.3) is 0 Å². The van der Waals surface area contributed by atoms with Gasteiger partial charge in [-0.15, -0.1) is 0 Å². The van der Waals surface area contributed by atoms with E-state index in [0.717, 1.165) is 0 Å². The second-order valence-corrected chi connectivity index (χ2v) is 3.20. The highest BCUT2D eigenvalue weighted by molar-refractivity contribution is 6.29. The number of hydrogen-bond acceptors (Lipinski definition) is 3. The van der Waals surface area contributed by atoms with E-state index in [2.05, 4.69) is 21.9 Å². The van der Waals surface area contributed by atoms with Crippen molar-refractivity contribution in [1.82, 2.24) is 20.0 Å². The summed E-state index contributed by atoms with van der Waals surface area (Å²) in [6, 6.07) is 2.97. The van der Waals surface area contributed by atoms with Crippen LogP contribution in [0.1, 0.15) is 5.69 Å². The minimum atomic E-state index is -0.294. The number of aromatic nitrogens is 4. The summed E-state index contributed by atoms with van der Waals surface area (Å²) in [6.45, 7) is 3.57. The zero-order chi connectivity index (χ0) is 10.8. The van der Waals surface area contributed by atoms with E-state index in [1.165, 1.54) is 10.7 Å². The van der Waals surface area contributed by atoms with Gasteiger partial charge >= 0.3 is 0 Å². The van der Waals surface area contributed by atoms with Crippen LogP contribution in [0, 0.1) is 0 Å². The van der Waals surface area contributed by atoms with E-state index in [4.69, 9.17) is 11.6 Å². The van der Waals surface area contributed by atoms with Gasteiger partial charge in [-0.25, -0.2) is 4.68 Å². The van der Waals surface area contributed by atoms with Gasteiger partial charge < -0.3 is 0 Å². The molecule has 0 aliphatic rings. The van der Waals surface area contributed by atoms with Crippen LogP contribution in [-0.4, -0.2) is 20.0 Å². The number of hydrogen-bond donors (Lipinski definition) is 1. The van der Waals surface area contributed by atoms with Crippen molar-refractivity contribution in [2.75, 3.05) is 0 Å². The maximum absolute atomic E-state index is 11.5. The van der Waals surface area contributed by atoms with Gasteiger partial charge in [0.2, 0.25) is 11.2 Å². The average molecular weight is 223 g/mol. The molecule has 0 spiro atoms. The van der Waals surface area contributed by atoms with E-state index in [-0.39, 0.29) is 16.4 Å². The molecule has 0 fully saturated rings. The van der Waals surface area contributed by atoms with Crippen LogP contribution in [0.5, 0.6) is 0 Å². The normalized spacial score (nSPS) is 10.2. The van der Waals surface area contributed by atoms with Crippen molar-refractivity contribution >= 4 is 17.7 Å². The van der Waals surface area contributed by atoms with Crippen LogP contribution in [0.15, 0.2) is 29.7 Å². The van der Waals surface area contributed by atoms with Gasteiger partial charge in [-0.1, -0.05) is 18.2 Å². The third kappa shape index (κ3) is 1.82. The first-order valence-corrected chi connectivity index (χ1v) is 4.52. The summed E-state index contributed by atoms with van der Waals surface area (Å²) in [5.74, 6) is 0.174. The molecule has 5 nitrogen and oxygen atoms in total. The number of H-pyrrole nitrogens is 1. The Morgan fingerprint density at radius 2 is 2.40 bits per heavy atom. The highest BCUT2D eigenvalue weighted by atomic mass is 35.5. The van der Waals surface area contributed by atoms with Gasteiger partial charge in [0.1, 0.15) is 5.15 Å². The molecule has 0 atom stereocenters. The van der Waals surface area contributed by atoms with Crippen molar-refractivity contribution in [3.8, 4) is 5.82 Å². The van der Waals surface area contributed by atoms with Gasteiger partial charge in [0.15, 0.2) is 0 Å². The molecule has 0 bridgehead atoms. The number of nitrogens with zero attached hydrogens (tertiary/aromatic N) is 3. The minimum Gasteiger partial charge on any atom is -0.286 e. The lowest BCUT2D eigenvalue weighted by molar-refractivity contribution is 0.802. The van der Waals surface area contributed by atoms with Gasteiger partial charge in [0.05, 0.1) is 5.69 Å². The Labute approximate surface area is 90.0 Å². The molecule has 0 saturated carbocycles. The first kappa shape index (κ1) is 9.67. The molecule has 0 saturated heterocycles. The molecule has 0 amide bonds. The number of halogens is 1. The van der Waals surface area contributed by atoms with E-state index in [1.54, 1.807) is 18.3 Å². The van der Waals surface area contributed by atoms with Crippen LogP contribution in [0.3, 0.4) is 0 Å². The van der Waals surface area contributed by atoms with Crippen molar-refractivity contribution in [3.63, 3.8) is 0 Å². The molecule has 1 N–H and O–H groups in total. The maximum Gasteiger partial charge on any atom is 0.227 e. The van der Waals surface area contributed by atoms with Gasteiger partial charge in [-0.2, -0.15) is 10.2 Å². The molecule has 6 heteroatoms. The Morgan fingerprint density at radius 3 is 3.00 bits per heavy atom. The van der Waals surface area contributed by atoms with E-state index < -0.39 is 0 Å². The smallest absolute Gasteiger partial charge is 0.227 e. The van der Waals surface area contributed by atoms with Crippen LogP contribution >= 0.6 is 11.6 Å². The summed E-state index contributed by atoms with van der Waals surface area (Å²) in [7, 11) is 0. The van der Waals surface area contributed by atoms with E-state index in [1.807, 2.05) is 0 Å². The quantitative estimate of drug-likeness (QED) is 0.832. The Kier molecular flexibility index (Phi) is 2.39. The Hall–Kier alpha value is -1.88. The first-order valence-electron chi connectivity index (χ1n) is 4.14. The standard InChI is InChI=1S/C9H7ClN4O/c1-2-6-3-4-14(13-6)9-7(15)5-8(10)11-12-9/h2-5H,1H2,(H,11,15).